The van der Waals surface area contributed by atoms with Gasteiger partial charge in [0.25, 0.3) is 5.91 Å². The second-order valence-corrected chi connectivity index (χ2v) is 5.18. The van der Waals surface area contributed by atoms with Crippen LogP contribution in [-0.2, 0) is 6.42 Å². The van der Waals surface area contributed by atoms with Gasteiger partial charge in [0.05, 0.1) is 23.0 Å². The molecule has 0 unspecified atom stereocenters. The molecule has 0 aliphatic rings. The van der Waals surface area contributed by atoms with Crippen LogP contribution in [0.25, 0.3) is 0 Å². The minimum Gasteiger partial charge on any atom is -0.369 e. The number of thiazole rings is 1. The predicted molar refractivity (Wildman–Crippen MR) is 81.1 cm³/mol. The van der Waals surface area contributed by atoms with Crippen LogP contribution >= 0.6 is 11.3 Å². The van der Waals surface area contributed by atoms with E-state index < -0.39 is 5.82 Å². The molecule has 0 aliphatic heterocycles. The van der Waals surface area contributed by atoms with E-state index in [0.717, 1.165) is 18.3 Å². The standard InChI is InChI=1S/C14H17FN4OS/c1-2-4-16-13-12(6-10(15)7-18-13)14(20)17-5-3-11-8-21-9-19-11/h6-9H,2-5H2,1H3,(H,16,18)(H,17,20). The molecule has 2 heterocycles. The highest BCUT2D eigenvalue weighted by Gasteiger charge is 2.13. The van der Waals surface area contributed by atoms with Gasteiger partial charge < -0.3 is 10.6 Å². The Morgan fingerprint density at radius 3 is 2.95 bits per heavy atom. The number of anilines is 1. The molecule has 0 saturated carbocycles. The van der Waals surface area contributed by atoms with Crippen molar-refractivity contribution < 1.29 is 9.18 Å². The maximum absolute atomic E-state index is 13.3. The number of hydrogen-bond donors (Lipinski definition) is 2. The Hall–Kier alpha value is -2.02. The van der Waals surface area contributed by atoms with E-state index in [1.54, 1.807) is 5.51 Å². The Morgan fingerprint density at radius 2 is 2.24 bits per heavy atom. The Balaban J connectivity index is 1.98. The molecule has 0 bridgehead atoms. The zero-order chi connectivity index (χ0) is 15.1. The number of nitrogens with zero attached hydrogens (tertiary/aromatic N) is 2. The summed E-state index contributed by atoms with van der Waals surface area (Å²) in [5, 5.41) is 7.72. The van der Waals surface area contributed by atoms with Gasteiger partial charge in [-0.25, -0.2) is 14.4 Å². The van der Waals surface area contributed by atoms with Crippen molar-refractivity contribution in [1.82, 2.24) is 15.3 Å². The highest BCUT2D eigenvalue weighted by atomic mass is 32.1. The van der Waals surface area contributed by atoms with Crippen molar-refractivity contribution in [3.05, 3.63) is 40.2 Å². The lowest BCUT2D eigenvalue weighted by Gasteiger charge is -2.10. The molecule has 0 radical (unpaired) electrons. The molecule has 0 atom stereocenters. The molecular formula is C14H17FN4OS. The van der Waals surface area contributed by atoms with E-state index in [9.17, 15) is 9.18 Å². The van der Waals surface area contributed by atoms with Gasteiger partial charge >= 0.3 is 0 Å². The van der Waals surface area contributed by atoms with E-state index in [-0.39, 0.29) is 11.5 Å². The molecule has 0 fully saturated rings. The third-order valence-corrected chi connectivity index (χ3v) is 3.43. The fraction of sp³-hybridized carbons (Fsp3) is 0.357. The lowest BCUT2D eigenvalue weighted by atomic mass is 10.2. The summed E-state index contributed by atoms with van der Waals surface area (Å²) in [5.74, 6) is -0.457. The summed E-state index contributed by atoms with van der Waals surface area (Å²) in [5.41, 5.74) is 2.91. The van der Waals surface area contributed by atoms with Crippen molar-refractivity contribution >= 4 is 23.1 Å². The monoisotopic (exact) mass is 308 g/mol. The molecule has 0 aliphatic carbocycles. The average molecular weight is 308 g/mol. The first-order valence-electron chi connectivity index (χ1n) is 6.75. The van der Waals surface area contributed by atoms with Gasteiger partial charge in [0.1, 0.15) is 11.6 Å². The fourth-order valence-electron chi connectivity index (χ4n) is 1.76. The van der Waals surface area contributed by atoms with Crippen molar-refractivity contribution in [2.24, 2.45) is 0 Å². The number of nitrogens with one attached hydrogen (secondary N) is 2. The molecule has 2 rings (SSSR count). The molecular weight excluding hydrogens is 291 g/mol. The van der Waals surface area contributed by atoms with E-state index in [4.69, 9.17) is 0 Å². The van der Waals surface area contributed by atoms with Gasteiger partial charge in [-0.2, -0.15) is 0 Å². The third kappa shape index (κ3) is 4.49. The van der Waals surface area contributed by atoms with Crippen LogP contribution in [0.15, 0.2) is 23.2 Å². The molecule has 21 heavy (non-hydrogen) atoms. The van der Waals surface area contributed by atoms with E-state index in [1.807, 2.05) is 12.3 Å². The van der Waals surface area contributed by atoms with E-state index in [2.05, 4.69) is 20.6 Å². The lowest BCUT2D eigenvalue weighted by Crippen LogP contribution is -2.27. The highest BCUT2D eigenvalue weighted by molar-refractivity contribution is 7.07. The Kier molecular flexibility index (Phi) is 5.62. The predicted octanol–water partition coefficient (Wildman–Crippen LogP) is 2.47. The summed E-state index contributed by atoms with van der Waals surface area (Å²) in [7, 11) is 0. The second kappa shape index (κ2) is 7.68. The molecule has 0 saturated heterocycles. The number of carbonyl (C=O) groups is 1. The first kappa shape index (κ1) is 15.4. The second-order valence-electron chi connectivity index (χ2n) is 4.46. The van der Waals surface area contributed by atoms with Gasteiger partial charge in [0, 0.05) is 24.9 Å². The number of hydrogen-bond acceptors (Lipinski definition) is 5. The molecule has 112 valence electrons. The van der Waals surface area contributed by atoms with Crippen molar-refractivity contribution in [1.29, 1.82) is 0 Å². The highest BCUT2D eigenvalue weighted by Crippen LogP contribution is 2.13. The van der Waals surface area contributed by atoms with Crippen LogP contribution in [0.2, 0.25) is 0 Å². The van der Waals surface area contributed by atoms with E-state index in [0.29, 0.717) is 25.3 Å². The quantitative estimate of drug-likeness (QED) is 0.824. The molecule has 0 spiro atoms. The minimum atomic E-state index is -0.526. The van der Waals surface area contributed by atoms with Gasteiger partial charge in [-0.05, 0) is 12.5 Å². The molecule has 0 aromatic carbocycles. The SMILES string of the molecule is CCCNc1ncc(F)cc1C(=O)NCCc1cscn1. The topological polar surface area (TPSA) is 66.9 Å². The van der Waals surface area contributed by atoms with Crippen LogP contribution in [0.1, 0.15) is 29.4 Å². The molecule has 2 aromatic rings. The maximum atomic E-state index is 13.3. The van der Waals surface area contributed by atoms with Crippen molar-refractivity contribution in [2.45, 2.75) is 19.8 Å². The Labute approximate surface area is 126 Å². The van der Waals surface area contributed by atoms with Gasteiger partial charge in [-0.3, -0.25) is 4.79 Å². The Morgan fingerprint density at radius 1 is 1.38 bits per heavy atom. The van der Waals surface area contributed by atoms with Crippen LogP contribution in [0.5, 0.6) is 0 Å². The van der Waals surface area contributed by atoms with E-state index in [1.165, 1.54) is 17.4 Å². The molecule has 5 nitrogen and oxygen atoms in total. The van der Waals surface area contributed by atoms with Crippen LogP contribution in [0, 0.1) is 5.82 Å². The van der Waals surface area contributed by atoms with Crippen LogP contribution in [0.4, 0.5) is 10.2 Å². The van der Waals surface area contributed by atoms with Gasteiger partial charge in [-0.1, -0.05) is 6.92 Å². The van der Waals surface area contributed by atoms with Crippen LogP contribution in [0.3, 0.4) is 0 Å². The lowest BCUT2D eigenvalue weighted by molar-refractivity contribution is 0.0954. The Bertz CT molecular complexity index is 589. The minimum absolute atomic E-state index is 0.224. The largest absolute Gasteiger partial charge is 0.369 e. The summed E-state index contributed by atoms with van der Waals surface area (Å²) in [6.07, 6.45) is 2.64. The van der Waals surface area contributed by atoms with Crippen LogP contribution < -0.4 is 10.6 Å². The van der Waals surface area contributed by atoms with Gasteiger partial charge in [0.15, 0.2) is 0 Å². The van der Waals surface area contributed by atoms with Gasteiger partial charge in [-0.15, -0.1) is 11.3 Å². The molecule has 2 aromatic heterocycles. The molecule has 1 amide bonds. The summed E-state index contributed by atoms with van der Waals surface area (Å²) < 4.78 is 13.3. The number of pyridine rings is 1. The van der Waals surface area contributed by atoms with Crippen molar-refractivity contribution in [2.75, 3.05) is 18.4 Å². The summed E-state index contributed by atoms with van der Waals surface area (Å²) >= 11 is 1.51. The molecule has 2 N–H and O–H groups in total. The van der Waals surface area contributed by atoms with Crippen molar-refractivity contribution in [3.8, 4) is 0 Å². The van der Waals surface area contributed by atoms with Gasteiger partial charge in [0.2, 0.25) is 0 Å². The smallest absolute Gasteiger partial charge is 0.255 e. The first-order chi connectivity index (χ1) is 10.2. The number of carbonyl (C=O) groups excluding carboxylic acids is 1. The summed E-state index contributed by atoms with van der Waals surface area (Å²) in [6.45, 7) is 3.13. The number of halogens is 1. The normalized spacial score (nSPS) is 10.4. The zero-order valence-corrected chi connectivity index (χ0v) is 12.5. The van der Waals surface area contributed by atoms with Crippen LogP contribution in [-0.4, -0.2) is 29.0 Å². The van der Waals surface area contributed by atoms with E-state index >= 15 is 0 Å². The average Bonchev–Trinajstić information content (AvgIpc) is 2.99. The summed E-state index contributed by atoms with van der Waals surface area (Å²) in [6, 6.07) is 1.20. The van der Waals surface area contributed by atoms with Crippen molar-refractivity contribution in [3.63, 3.8) is 0 Å². The first-order valence-corrected chi connectivity index (χ1v) is 7.69. The zero-order valence-electron chi connectivity index (χ0n) is 11.7. The number of aromatic nitrogens is 2. The number of rotatable bonds is 7. The fourth-order valence-corrected chi connectivity index (χ4v) is 2.35. The molecule has 7 heteroatoms. The maximum Gasteiger partial charge on any atom is 0.255 e. The third-order valence-electron chi connectivity index (χ3n) is 2.79. The summed E-state index contributed by atoms with van der Waals surface area (Å²) in [4.78, 5) is 20.2. The number of amides is 1.